The lowest BCUT2D eigenvalue weighted by Crippen LogP contribution is -2.37. The smallest absolute Gasteiger partial charge is 0.273 e. The summed E-state index contributed by atoms with van der Waals surface area (Å²) in [7, 11) is 0. The number of ether oxygens (including phenoxy) is 2. The molecule has 0 aromatic heterocycles. The Bertz CT molecular complexity index is 446. The van der Waals surface area contributed by atoms with Crippen LogP contribution in [-0.4, -0.2) is 10.7 Å². The highest BCUT2D eigenvalue weighted by atomic mass is 16.7. The fraction of sp³-hybridized carbons (Fsp3) is 0.500. The van der Waals surface area contributed by atoms with Gasteiger partial charge in [0.05, 0.1) is 11.0 Å². The van der Waals surface area contributed by atoms with Gasteiger partial charge in [0, 0.05) is 18.9 Å². The molecule has 0 N–H and O–H groups in total. The van der Waals surface area contributed by atoms with Crippen molar-refractivity contribution in [2.75, 3.05) is 0 Å². The van der Waals surface area contributed by atoms with Crippen LogP contribution >= 0.6 is 0 Å². The van der Waals surface area contributed by atoms with E-state index in [9.17, 15) is 10.1 Å². The third-order valence-electron chi connectivity index (χ3n) is 2.90. The molecule has 0 saturated heterocycles. The molecule has 0 amide bonds. The van der Waals surface area contributed by atoms with Crippen molar-refractivity contribution in [2.24, 2.45) is 0 Å². The van der Waals surface area contributed by atoms with Gasteiger partial charge in [-0.15, -0.1) is 0 Å². The first kappa shape index (κ1) is 11.7. The highest BCUT2D eigenvalue weighted by Gasteiger charge is 2.39. The summed E-state index contributed by atoms with van der Waals surface area (Å²) in [4.78, 5) is 10.2. The van der Waals surface area contributed by atoms with Crippen molar-refractivity contribution in [1.82, 2.24) is 0 Å². The minimum absolute atomic E-state index is 0.0238. The number of fused-ring (bicyclic) bond motifs is 1. The van der Waals surface area contributed by atoms with Gasteiger partial charge in [-0.05, 0) is 12.5 Å². The molecule has 1 heterocycles. The number of hydrogen-bond donors (Lipinski definition) is 0. The first-order valence-electron chi connectivity index (χ1n) is 5.76. The van der Waals surface area contributed by atoms with Crippen LogP contribution in [0.2, 0.25) is 0 Å². The zero-order valence-electron chi connectivity index (χ0n) is 9.93. The second-order valence-electron chi connectivity index (χ2n) is 4.11. The molecule has 5 nitrogen and oxygen atoms in total. The molecule has 1 unspecified atom stereocenters. The van der Waals surface area contributed by atoms with Crippen molar-refractivity contribution >= 4 is 5.69 Å². The molecule has 1 aromatic rings. The Morgan fingerprint density at radius 2 is 2.00 bits per heavy atom. The maximum atomic E-state index is 10.7. The summed E-state index contributed by atoms with van der Waals surface area (Å²) < 4.78 is 11.5. The van der Waals surface area contributed by atoms with Crippen molar-refractivity contribution in [3.63, 3.8) is 0 Å². The molecule has 0 bridgehead atoms. The van der Waals surface area contributed by atoms with E-state index >= 15 is 0 Å². The molecule has 0 aliphatic carbocycles. The quantitative estimate of drug-likeness (QED) is 0.595. The van der Waals surface area contributed by atoms with Crippen molar-refractivity contribution < 1.29 is 14.4 Å². The summed E-state index contributed by atoms with van der Waals surface area (Å²) in [6.45, 7) is 4.03. The van der Waals surface area contributed by atoms with Gasteiger partial charge < -0.3 is 9.47 Å². The number of non-ortho nitro benzene ring substituents is 1. The minimum Gasteiger partial charge on any atom is -0.448 e. The molecule has 17 heavy (non-hydrogen) atoms. The number of rotatable bonds is 4. The lowest BCUT2D eigenvalue weighted by Gasteiger charge is -2.25. The zero-order valence-corrected chi connectivity index (χ0v) is 9.93. The van der Waals surface area contributed by atoms with Gasteiger partial charge in [0.25, 0.3) is 11.5 Å². The number of nitro benzene ring substituents is 1. The molecular formula is C12H15NO4. The van der Waals surface area contributed by atoms with E-state index in [0.29, 0.717) is 17.9 Å². The van der Waals surface area contributed by atoms with E-state index in [2.05, 4.69) is 6.92 Å². The Hall–Kier alpha value is -1.78. The summed E-state index contributed by atoms with van der Waals surface area (Å²) in [6, 6.07) is 4.45. The molecule has 1 aliphatic rings. The molecule has 0 radical (unpaired) electrons. The van der Waals surface area contributed by atoms with Crippen molar-refractivity contribution in [3.05, 3.63) is 28.3 Å². The largest absolute Gasteiger partial charge is 0.448 e. The summed E-state index contributed by atoms with van der Waals surface area (Å²) in [5, 5.41) is 10.7. The van der Waals surface area contributed by atoms with Crippen molar-refractivity contribution in [1.29, 1.82) is 0 Å². The summed E-state index contributed by atoms with van der Waals surface area (Å²) in [5.74, 6) is 0.409. The Kier molecular flexibility index (Phi) is 2.92. The summed E-state index contributed by atoms with van der Waals surface area (Å²) in [6.07, 6.45) is 2.42. The van der Waals surface area contributed by atoms with Crippen LogP contribution in [0.1, 0.15) is 33.1 Å². The fourth-order valence-corrected chi connectivity index (χ4v) is 2.00. The van der Waals surface area contributed by atoms with Gasteiger partial charge in [0.2, 0.25) is 0 Å². The van der Waals surface area contributed by atoms with E-state index in [-0.39, 0.29) is 5.69 Å². The van der Waals surface area contributed by atoms with Crippen LogP contribution in [0.5, 0.6) is 11.5 Å². The van der Waals surface area contributed by atoms with Gasteiger partial charge >= 0.3 is 0 Å². The molecule has 1 atom stereocenters. The average Bonchev–Trinajstić information content (AvgIpc) is 2.67. The summed E-state index contributed by atoms with van der Waals surface area (Å²) in [5.41, 5.74) is 0.0238. The Labute approximate surface area is 99.5 Å². The van der Waals surface area contributed by atoms with Crippen molar-refractivity contribution in [3.8, 4) is 11.5 Å². The average molecular weight is 237 g/mol. The molecule has 0 saturated carbocycles. The molecule has 0 spiro atoms. The maximum absolute atomic E-state index is 10.7. The van der Waals surface area contributed by atoms with Crippen LogP contribution in [0, 0.1) is 10.1 Å². The Morgan fingerprint density at radius 3 is 2.59 bits per heavy atom. The third kappa shape index (κ3) is 2.05. The Morgan fingerprint density at radius 1 is 1.29 bits per heavy atom. The van der Waals surface area contributed by atoms with Crippen LogP contribution < -0.4 is 9.47 Å². The van der Waals surface area contributed by atoms with E-state index in [1.165, 1.54) is 12.1 Å². The number of nitro groups is 1. The van der Waals surface area contributed by atoms with Gasteiger partial charge in [-0.25, -0.2) is 0 Å². The van der Waals surface area contributed by atoms with Crippen LogP contribution in [0.4, 0.5) is 5.69 Å². The third-order valence-corrected chi connectivity index (χ3v) is 2.90. The second kappa shape index (κ2) is 4.24. The molecule has 2 rings (SSSR count). The van der Waals surface area contributed by atoms with E-state index in [4.69, 9.17) is 9.47 Å². The molecule has 0 fully saturated rings. The Balaban J connectivity index is 2.29. The number of hydrogen-bond acceptors (Lipinski definition) is 4. The zero-order chi connectivity index (χ0) is 12.5. The van der Waals surface area contributed by atoms with Gasteiger partial charge in [-0.3, -0.25) is 10.1 Å². The lowest BCUT2D eigenvalue weighted by atomic mass is 10.1. The lowest BCUT2D eigenvalue weighted by molar-refractivity contribution is -0.384. The highest BCUT2D eigenvalue weighted by molar-refractivity contribution is 5.50. The first-order valence-corrected chi connectivity index (χ1v) is 5.76. The number of benzene rings is 1. The van der Waals surface area contributed by atoms with Crippen molar-refractivity contribution in [2.45, 2.75) is 38.9 Å². The van der Waals surface area contributed by atoms with Gasteiger partial charge in [0.1, 0.15) is 0 Å². The van der Waals surface area contributed by atoms with Gasteiger partial charge in [-0.1, -0.05) is 13.8 Å². The van der Waals surface area contributed by atoms with E-state index in [0.717, 1.165) is 12.8 Å². The number of nitrogens with zero attached hydrogens (tertiary/aromatic N) is 1. The SMILES string of the molecule is CCCC1(CC)Oc2ccc([N+](=O)[O-])cc2O1. The topological polar surface area (TPSA) is 61.6 Å². The second-order valence-corrected chi connectivity index (χ2v) is 4.11. The predicted molar refractivity (Wildman–Crippen MR) is 62.3 cm³/mol. The van der Waals surface area contributed by atoms with E-state index in [1.807, 2.05) is 6.92 Å². The minimum atomic E-state index is -0.647. The molecule has 5 heteroatoms. The molecule has 1 aromatic carbocycles. The van der Waals surface area contributed by atoms with E-state index in [1.54, 1.807) is 6.07 Å². The van der Waals surface area contributed by atoms with E-state index < -0.39 is 10.7 Å². The molecule has 1 aliphatic heterocycles. The fourth-order valence-electron chi connectivity index (χ4n) is 2.00. The maximum Gasteiger partial charge on any atom is 0.273 e. The first-order chi connectivity index (χ1) is 8.10. The van der Waals surface area contributed by atoms with Gasteiger partial charge in [-0.2, -0.15) is 0 Å². The molecule has 92 valence electrons. The van der Waals surface area contributed by atoms with Crippen LogP contribution in [0.3, 0.4) is 0 Å². The highest BCUT2D eigenvalue weighted by Crippen LogP contribution is 2.44. The summed E-state index contributed by atoms with van der Waals surface area (Å²) >= 11 is 0. The van der Waals surface area contributed by atoms with Crippen LogP contribution in [-0.2, 0) is 0 Å². The predicted octanol–water partition coefficient (Wildman–Crippen LogP) is 3.27. The standard InChI is InChI=1S/C12H15NO4/c1-3-7-12(4-2)16-10-6-5-9(13(14)15)8-11(10)17-12/h5-6,8H,3-4,7H2,1-2H3. The monoisotopic (exact) mass is 237 g/mol. The van der Waals surface area contributed by atoms with Crippen LogP contribution in [0.25, 0.3) is 0 Å². The molecular weight excluding hydrogens is 222 g/mol. The van der Waals surface area contributed by atoms with Gasteiger partial charge in [0.15, 0.2) is 11.5 Å². The van der Waals surface area contributed by atoms with Crippen LogP contribution in [0.15, 0.2) is 18.2 Å². The normalized spacial score (nSPS) is 21.5.